The second kappa shape index (κ2) is 16.7. The van der Waals surface area contributed by atoms with Gasteiger partial charge in [-0.3, -0.25) is 14.4 Å². The summed E-state index contributed by atoms with van der Waals surface area (Å²) in [7, 11) is 1.22. The van der Waals surface area contributed by atoms with Gasteiger partial charge in [0.1, 0.15) is 30.0 Å². The summed E-state index contributed by atoms with van der Waals surface area (Å²) in [5, 5.41) is 15.4. The van der Waals surface area contributed by atoms with Crippen LogP contribution >= 0.6 is 0 Å². The fourth-order valence-corrected chi connectivity index (χ4v) is 4.24. The van der Waals surface area contributed by atoms with E-state index in [0.29, 0.717) is 24.0 Å². The molecule has 3 amide bonds. The van der Waals surface area contributed by atoms with Crippen molar-refractivity contribution in [2.24, 2.45) is 5.92 Å². The highest BCUT2D eigenvalue weighted by atomic mass is 16.6. The summed E-state index contributed by atoms with van der Waals surface area (Å²) in [5.41, 5.74) is 0.248. The van der Waals surface area contributed by atoms with Crippen LogP contribution in [0.2, 0.25) is 0 Å². The zero-order chi connectivity index (χ0) is 30.5. The zero-order valence-corrected chi connectivity index (χ0v) is 25.5. The number of ether oxygens (including phenoxy) is 2. The van der Waals surface area contributed by atoms with Crippen molar-refractivity contribution < 1.29 is 33.8 Å². The lowest BCUT2D eigenvalue weighted by atomic mass is 9.97. The van der Waals surface area contributed by atoms with E-state index in [4.69, 9.17) is 4.74 Å². The number of nitrogens with zero attached hydrogens (tertiary/aromatic N) is 1. The predicted octanol–water partition coefficient (Wildman–Crippen LogP) is 4.77. The zero-order valence-electron chi connectivity index (χ0n) is 25.5. The summed E-state index contributed by atoms with van der Waals surface area (Å²) >= 11 is 0. The molecule has 40 heavy (non-hydrogen) atoms. The fourth-order valence-electron chi connectivity index (χ4n) is 4.24. The maximum atomic E-state index is 14.2. The number of unbranched alkanes of at least 4 members (excludes halogenated alkanes) is 4. The summed E-state index contributed by atoms with van der Waals surface area (Å²) in [5.74, 6) is -1.52. The quantitative estimate of drug-likeness (QED) is 0.207. The first-order chi connectivity index (χ1) is 18.7. The predicted molar refractivity (Wildman–Crippen MR) is 154 cm³/mol. The molecule has 226 valence electrons. The van der Waals surface area contributed by atoms with Crippen molar-refractivity contribution in [2.75, 3.05) is 20.2 Å². The molecule has 0 spiro atoms. The summed E-state index contributed by atoms with van der Waals surface area (Å²) in [4.78, 5) is 53.8. The minimum Gasteiger partial charge on any atom is -0.508 e. The minimum atomic E-state index is -1.11. The van der Waals surface area contributed by atoms with Gasteiger partial charge in [0.25, 0.3) is 0 Å². The average Bonchev–Trinajstić information content (AvgIpc) is 2.86. The number of carbonyl (C=O) groups excluding carboxylic acids is 4. The number of nitrogens with one attached hydrogen (secondary N) is 2. The van der Waals surface area contributed by atoms with Crippen molar-refractivity contribution in [1.29, 1.82) is 0 Å². The number of alkyl carbamates (subject to hydrolysis) is 1. The van der Waals surface area contributed by atoms with Gasteiger partial charge >= 0.3 is 12.1 Å². The lowest BCUT2D eigenvalue weighted by Crippen LogP contribution is -2.54. The summed E-state index contributed by atoms with van der Waals surface area (Å²) in [6, 6.07) is 2.64. The van der Waals surface area contributed by atoms with Crippen LogP contribution in [-0.4, -0.2) is 65.7 Å². The summed E-state index contributed by atoms with van der Waals surface area (Å²) in [6.45, 7) is 12.8. The highest BCUT2D eigenvalue weighted by Crippen LogP contribution is 2.28. The number of rotatable bonds is 15. The second-order valence-electron chi connectivity index (χ2n) is 11.5. The van der Waals surface area contributed by atoms with Crippen molar-refractivity contribution in [3.63, 3.8) is 0 Å². The molecular weight excluding hydrogens is 514 g/mol. The number of benzene rings is 1. The van der Waals surface area contributed by atoms with Gasteiger partial charge in [-0.1, -0.05) is 52.5 Å². The van der Waals surface area contributed by atoms with Crippen LogP contribution in [0.15, 0.2) is 18.2 Å². The van der Waals surface area contributed by atoms with Gasteiger partial charge in [0.2, 0.25) is 11.8 Å². The van der Waals surface area contributed by atoms with Crippen LogP contribution in [-0.2, 0) is 23.9 Å². The number of methoxy groups -OCH3 is 1. The molecule has 0 aliphatic rings. The van der Waals surface area contributed by atoms with Gasteiger partial charge in [-0.05, 0) is 69.7 Å². The normalized spacial score (nSPS) is 12.8. The number of aromatic hydroxyl groups is 1. The number of carbonyl (C=O) groups is 4. The molecule has 0 radical (unpaired) electrons. The molecule has 1 aromatic rings. The molecule has 0 bridgehead atoms. The molecule has 0 aromatic heterocycles. The van der Waals surface area contributed by atoms with Crippen LogP contribution in [0, 0.1) is 12.8 Å². The third-order valence-electron chi connectivity index (χ3n) is 6.21. The summed E-state index contributed by atoms with van der Waals surface area (Å²) in [6.07, 6.45) is 4.22. The van der Waals surface area contributed by atoms with E-state index in [-0.39, 0.29) is 24.8 Å². The topological polar surface area (TPSA) is 134 Å². The molecule has 0 aliphatic carbocycles. The molecule has 10 nitrogen and oxygen atoms in total. The first-order valence-corrected chi connectivity index (χ1v) is 14.1. The molecule has 3 N–H and O–H groups in total. The van der Waals surface area contributed by atoms with Crippen molar-refractivity contribution in [2.45, 2.75) is 105 Å². The van der Waals surface area contributed by atoms with Crippen LogP contribution in [0.3, 0.4) is 0 Å². The van der Waals surface area contributed by atoms with Gasteiger partial charge in [-0.25, -0.2) is 4.79 Å². The minimum absolute atomic E-state index is 0.0535. The molecule has 0 aliphatic heterocycles. The standard InChI is InChI=1S/C30H49N3O7/c1-9-10-11-12-13-16-33(28(37)23(17-20(2)3)32-29(38)40-30(5,6)7)26(27(36)31-19-25(35)39-8)22-14-15-24(34)21(4)18-22/h14-15,18,20,23,26,34H,9-13,16-17,19H2,1-8H3,(H,31,36)(H,32,38). The Morgan fingerprint density at radius 2 is 1.70 bits per heavy atom. The Hall–Kier alpha value is -3.30. The van der Waals surface area contributed by atoms with E-state index in [9.17, 15) is 24.3 Å². The Morgan fingerprint density at radius 3 is 2.25 bits per heavy atom. The van der Waals surface area contributed by atoms with Gasteiger partial charge in [0.05, 0.1) is 7.11 Å². The van der Waals surface area contributed by atoms with Crippen LogP contribution in [0.1, 0.15) is 97.2 Å². The van der Waals surface area contributed by atoms with Crippen molar-refractivity contribution in [3.05, 3.63) is 29.3 Å². The van der Waals surface area contributed by atoms with E-state index >= 15 is 0 Å². The lowest BCUT2D eigenvalue weighted by Gasteiger charge is -2.35. The molecule has 10 heteroatoms. The van der Waals surface area contributed by atoms with E-state index < -0.39 is 41.6 Å². The Bertz CT molecular complexity index is 988. The van der Waals surface area contributed by atoms with Gasteiger partial charge in [-0.15, -0.1) is 0 Å². The van der Waals surface area contributed by atoms with Crippen molar-refractivity contribution in [1.82, 2.24) is 15.5 Å². The molecule has 2 atom stereocenters. The van der Waals surface area contributed by atoms with E-state index in [0.717, 1.165) is 25.7 Å². The number of hydrogen-bond acceptors (Lipinski definition) is 7. The van der Waals surface area contributed by atoms with E-state index in [1.165, 1.54) is 18.1 Å². The number of esters is 1. The monoisotopic (exact) mass is 563 g/mol. The van der Waals surface area contributed by atoms with E-state index in [2.05, 4.69) is 22.3 Å². The number of phenols is 1. The molecule has 0 fully saturated rings. The SMILES string of the molecule is CCCCCCCN(C(=O)C(CC(C)C)NC(=O)OC(C)(C)C)C(C(=O)NCC(=O)OC)c1ccc(O)c(C)c1. The Morgan fingerprint density at radius 1 is 1.05 bits per heavy atom. The highest BCUT2D eigenvalue weighted by molar-refractivity contribution is 5.93. The van der Waals surface area contributed by atoms with Gasteiger partial charge in [0.15, 0.2) is 0 Å². The molecule has 1 aromatic carbocycles. The van der Waals surface area contributed by atoms with Crippen molar-refractivity contribution in [3.8, 4) is 5.75 Å². The third-order valence-corrected chi connectivity index (χ3v) is 6.21. The molecule has 0 saturated heterocycles. The molecule has 1 rings (SSSR count). The maximum Gasteiger partial charge on any atom is 0.408 e. The second-order valence-corrected chi connectivity index (χ2v) is 11.5. The first-order valence-electron chi connectivity index (χ1n) is 14.1. The van der Waals surface area contributed by atoms with E-state index in [1.807, 2.05) is 13.8 Å². The Labute approximate surface area is 239 Å². The van der Waals surface area contributed by atoms with Crippen LogP contribution in [0.4, 0.5) is 4.79 Å². The van der Waals surface area contributed by atoms with E-state index in [1.54, 1.807) is 39.8 Å². The fraction of sp³-hybridized carbons (Fsp3) is 0.667. The molecule has 2 unspecified atom stereocenters. The molecule has 0 saturated carbocycles. The van der Waals surface area contributed by atoms with Crippen LogP contribution in [0.25, 0.3) is 0 Å². The Balaban J connectivity index is 3.53. The smallest absolute Gasteiger partial charge is 0.408 e. The summed E-state index contributed by atoms with van der Waals surface area (Å²) < 4.78 is 10.1. The van der Waals surface area contributed by atoms with Gasteiger partial charge in [-0.2, -0.15) is 0 Å². The third kappa shape index (κ3) is 12.3. The maximum absolute atomic E-state index is 14.2. The largest absolute Gasteiger partial charge is 0.508 e. The number of amides is 3. The Kier molecular flexibility index (Phi) is 14.5. The van der Waals surface area contributed by atoms with Crippen molar-refractivity contribution >= 4 is 23.9 Å². The highest BCUT2D eigenvalue weighted by Gasteiger charge is 2.36. The number of phenolic OH excluding ortho intramolecular Hbond substituents is 1. The van der Waals surface area contributed by atoms with Gasteiger partial charge in [0, 0.05) is 6.54 Å². The van der Waals surface area contributed by atoms with Crippen LogP contribution < -0.4 is 10.6 Å². The first kappa shape index (κ1) is 34.7. The molecule has 0 heterocycles. The van der Waals surface area contributed by atoms with Gasteiger partial charge < -0.3 is 30.1 Å². The average molecular weight is 564 g/mol. The molecular formula is C30H49N3O7. The van der Waals surface area contributed by atoms with Crippen LogP contribution in [0.5, 0.6) is 5.75 Å². The number of hydrogen-bond donors (Lipinski definition) is 3. The number of aryl methyl sites for hydroxylation is 1. The lowest BCUT2D eigenvalue weighted by molar-refractivity contribution is -0.145.